The fraction of sp³-hybridized carbons (Fsp3) is 0.538. The van der Waals surface area contributed by atoms with Gasteiger partial charge < -0.3 is 5.32 Å². The first-order chi connectivity index (χ1) is 7.72. The zero-order valence-electron chi connectivity index (χ0n) is 9.47. The number of hydrogen-bond donors (Lipinski definition) is 1. The second-order valence-electron chi connectivity index (χ2n) is 4.47. The third-order valence-corrected chi connectivity index (χ3v) is 3.12. The van der Waals surface area contributed by atoms with Crippen molar-refractivity contribution >= 4 is 0 Å². The molecule has 1 aliphatic carbocycles. The van der Waals surface area contributed by atoms with Crippen molar-refractivity contribution < 1.29 is 8.78 Å². The van der Waals surface area contributed by atoms with E-state index in [0.29, 0.717) is 11.5 Å². The Bertz CT molecular complexity index is 365. The molecule has 2 atom stereocenters. The van der Waals surface area contributed by atoms with Crippen LogP contribution in [0.25, 0.3) is 0 Å². The van der Waals surface area contributed by atoms with Crippen LogP contribution in [-0.4, -0.2) is 13.1 Å². The minimum Gasteiger partial charge on any atom is -0.316 e. The van der Waals surface area contributed by atoms with Crippen molar-refractivity contribution in [3.63, 3.8) is 0 Å². The Morgan fingerprint density at radius 3 is 2.88 bits per heavy atom. The Kier molecular flexibility index (Phi) is 3.54. The molecule has 1 aliphatic rings. The van der Waals surface area contributed by atoms with E-state index in [1.54, 1.807) is 6.07 Å². The Hall–Kier alpha value is -0.960. The molecule has 0 radical (unpaired) electrons. The molecule has 1 saturated carbocycles. The molecule has 1 N–H and O–H groups in total. The molecule has 1 nitrogen and oxygen atoms in total. The summed E-state index contributed by atoms with van der Waals surface area (Å²) >= 11 is 0. The van der Waals surface area contributed by atoms with E-state index >= 15 is 0 Å². The minimum atomic E-state index is -0.498. The third-order valence-electron chi connectivity index (χ3n) is 3.12. The Balaban J connectivity index is 1.90. The van der Waals surface area contributed by atoms with E-state index in [9.17, 15) is 8.78 Å². The Morgan fingerprint density at radius 1 is 1.38 bits per heavy atom. The molecule has 16 heavy (non-hydrogen) atoms. The van der Waals surface area contributed by atoms with Gasteiger partial charge in [0.15, 0.2) is 0 Å². The summed E-state index contributed by atoms with van der Waals surface area (Å²) in [6.07, 6.45) is 2.13. The largest absolute Gasteiger partial charge is 0.316 e. The summed E-state index contributed by atoms with van der Waals surface area (Å²) in [5, 5.41) is 3.33. The molecule has 2 unspecified atom stereocenters. The summed E-state index contributed by atoms with van der Waals surface area (Å²) in [5.74, 6) is -0.0954. The molecule has 1 aromatic carbocycles. The first-order valence-electron chi connectivity index (χ1n) is 5.88. The van der Waals surface area contributed by atoms with E-state index in [1.165, 1.54) is 6.07 Å². The molecular formula is C13H17F2N. The fourth-order valence-electron chi connectivity index (χ4n) is 2.12. The van der Waals surface area contributed by atoms with Crippen LogP contribution in [0.15, 0.2) is 18.2 Å². The molecule has 2 rings (SSSR count). The van der Waals surface area contributed by atoms with Gasteiger partial charge in [-0.2, -0.15) is 0 Å². The van der Waals surface area contributed by atoms with E-state index in [0.717, 1.165) is 32.0 Å². The predicted molar refractivity (Wildman–Crippen MR) is 60.4 cm³/mol. The highest BCUT2D eigenvalue weighted by atomic mass is 19.1. The van der Waals surface area contributed by atoms with Crippen LogP contribution < -0.4 is 5.32 Å². The first-order valence-corrected chi connectivity index (χ1v) is 5.88. The van der Waals surface area contributed by atoms with Crippen molar-refractivity contribution in [1.82, 2.24) is 5.32 Å². The molecule has 1 aromatic rings. The van der Waals surface area contributed by atoms with Crippen LogP contribution in [0.5, 0.6) is 0 Å². The van der Waals surface area contributed by atoms with Crippen LogP contribution >= 0.6 is 0 Å². The molecule has 0 aromatic heterocycles. The Morgan fingerprint density at radius 2 is 2.19 bits per heavy atom. The molecule has 0 bridgehead atoms. The maximum absolute atomic E-state index is 13.4. The summed E-state index contributed by atoms with van der Waals surface area (Å²) in [4.78, 5) is 0. The second-order valence-corrected chi connectivity index (χ2v) is 4.47. The van der Waals surface area contributed by atoms with Crippen LogP contribution in [0.3, 0.4) is 0 Å². The average molecular weight is 225 g/mol. The minimum absolute atomic E-state index is 0.282. The highest BCUT2D eigenvalue weighted by Gasteiger charge is 2.39. The summed E-state index contributed by atoms with van der Waals surface area (Å²) in [5.41, 5.74) is 0.671. The quantitative estimate of drug-likeness (QED) is 0.759. The van der Waals surface area contributed by atoms with Gasteiger partial charge in [0.1, 0.15) is 11.6 Å². The lowest BCUT2D eigenvalue weighted by Crippen LogP contribution is -2.18. The van der Waals surface area contributed by atoms with Crippen molar-refractivity contribution in [2.45, 2.75) is 25.7 Å². The van der Waals surface area contributed by atoms with E-state index < -0.39 is 11.6 Å². The molecule has 3 heteroatoms. The average Bonchev–Trinajstić information content (AvgIpc) is 2.98. The number of benzene rings is 1. The van der Waals surface area contributed by atoms with Gasteiger partial charge in [-0.25, -0.2) is 8.78 Å². The fourth-order valence-corrected chi connectivity index (χ4v) is 2.12. The van der Waals surface area contributed by atoms with Gasteiger partial charge in [0.05, 0.1) is 0 Å². The van der Waals surface area contributed by atoms with Crippen LogP contribution in [0, 0.1) is 17.6 Å². The highest BCUT2D eigenvalue weighted by molar-refractivity contribution is 5.28. The molecular weight excluding hydrogens is 208 g/mol. The summed E-state index contributed by atoms with van der Waals surface area (Å²) in [6, 6.07) is 3.90. The molecule has 0 spiro atoms. The zero-order chi connectivity index (χ0) is 11.5. The van der Waals surface area contributed by atoms with Crippen LogP contribution in [-0.2, 0) is 0 Å². The van der Waals surface area contributed by atoms with E-state index in [2.05, 4.69) is 12.2 Å². The molecule has 0 saturated heterocycles. The summed E-state index contributed by atoms with van der Waals surface area (Å²) in [6.45, 7) is 4.07. The Labute approximate surface area is 94.9 Å². The predicted octanol–water partition coefficient (Wildman–Crippen LogP) is 3.07. The van der Waals surface area contributed by atoms with E-state index in [-0.39, 0.29) is 5.92 Å². The third kappa shape index (κ3) is 2.59. The maximum atomic E-state index is 13.4. The molecule has 88 valence electrons. The monoisotopic (exact) mass is 225 g/mol. The maximum Gasteiger partial charge on any atom is 0.129 e. The number of nitrogens with one attached hydrogen (secondary N) is 1. The lowest BCUT2D eigenvalue weighted by Gasteiger charge is -2.04. The van der Waals surface area contributed by atoms with Crippen LogP contribution in [0.2, 0.25) is 0 Å². The van der Waals surface area contributed by atoms with Gasteiger partial charge in [0.25, 0.3) is 0 Å². The second kappa shape index (κ2) is 4.91. The molecule has 0 amide bonds. The van der Waals surface area contributed by atoms with Crippen molar-refractivity contribution in [2.24, 2.45) is 5.92 Å². The standard InChI is InChI=1S/C13H17F2N/c1-2-5-16-8-9-6-12(9)11-4-3-10(14)7-13(11)15/h3-4,7,9,12,16H,2,5-6,8H2,1H3. The normalized spacial score (nSPS) is 23.4. The topological polar surface area (TPSA) is 12.0 Å². The van der Waals surface area contributed by atoms with Gasteiger partial charge in [0.2, 0.25) is 0 Å². The van der Waals surface area contributed by atoms with Gasteiger partial charge in [-0.15, -0.1) is 0 Å². The molecule has 0 aliphatic heterocycles. The first kappa shape index (κ1) is 11.5. The van der Waals surface area contributed by atoms with Gasteiger partial charge in [-0.3, -0.25) is 0 Å². The summed E-state index contributed by atoms with van der Waals surface area (Å²) in [7, 11) is 0. The number of rotatable bonds is 5. The SMILES string of the molecule is CCCNCC1CC1c1ccc(F)cc1F. The molecule has 1 fully saturated rings. The van der Waals surface area contributed by atoms with Gasteiger partial charge in [-0.1, -0.05) is 13.0 Å². The van der Waals surface area contributed by atoms with E-state index in [4.69, 9.17) is 0 Å². The van der Waals surface area contributed by atoms with Crippen molar-refractivity contribution in [1.29, 1.82) is 0 Å². The highest BCUT2D eigenvalue weighted by Crippen LogP contribution is 2.47. The van der Waals surface area contributed by atoms with Crippen molar-refractivity contribution in [2.75, 3.05) is 13.1 Å². The van der Waals surface area contributed by atoms with Crippen LogP contribution in [0.1, 0.15) is 31.2 Å². The smallest absolute Gasteiger partial charge is 0.129 e. The van der Waals surface area contributed by atoms with Crippen LogP contribution in [0.4, 0.5) is 8.78 Å². The lowest BCUT2D eigenvalue weighted by atomic mass is 10.1. The molecule has 0 heterocycles. The van der Waals surface area contributed by atoms with Crippen molar-refractivity contribution in [3.05, 3.63) is 35.4 Å². The van der Waals surface area contributed by atoms with Gasteiger partial charge >= 0.3 is 0 Å². The summed E-state index contributed by atoms with van der Waals surface area (Å²) < 4.78 is 26.2. The zero-order valence-corrected chi connectivity index (χ0v) is 9.47. The number of halogens is 2. The number of hydrogen-bond acceptors (Lipinski definition) is 1. The van der Waals surface area contributed by atoms with Crippen molar-refractivity contribution in [3.8, 4) is 0 Å². The lowest BCUT2D eigenvalue weighted by molar-refractivity contribution is 0.565. The van der Waals surface area contributed by atoms with Gasteiger partial charge in [0, 0.05) is 6.07 Å². The van der Waals surface area contributed by atoms with Gasteiger partial charge in [-0.05, 0) is 49.4 Å². The van der Waals surface area contributed by atoms with E-state index in [1.807, 2.05) is 0 Å².